The molecule has 0 saturated carbocycles. The van der Waals surface area contributed by atoms with Crippen LogP contribution in [-0.4, -0.2) is 56.0 Å². The number of benzene rings is 2. The molecule has 11 heteroatoms. The van der Waals surface area contributed by atoms with Crippen LogP contribution in [-0.2, 0) is 19.6 Å². The van der Waals surface area contributed by atoms with Crippen LogP contribution in [0.5, 0.6) is 0 Å². The molecular formula is C25H27ClFN3O4S2. The average molecular weight is 552 g/mol. The SMILES string of the molecule is Cc1c(Cl)ccc2sc(N(CC3CCCO3)C(=O)C3CCN(S(=O)(=O)c4ccc(F)cc4)CC3)nc12. The Kier molecular flexibility index (Phi) is 7.33. The number of anilines is 1. The van der Waals surface area contributed by atoms with Gasteiger partial charge >= 0.3 is 0 Å². The van der Waals surface area contributed by atoms with Crippen molar-refractivity contribution in [2.24, 2.45) is 5.92 Å². The van der Waals surface area contributed by atoms with Crippen molar-refractivity contribution in [1.82, 2.24) is 9.29 Å². The van der Waals surface area contributed by atoms with Crippen molar-refractivity contribution in [2.75, 3.05) is 31.1 Å². The summed E-state index contributed by atoms with van der Waals surface area (Å²) in [5.41, 5.74) is 1.66. The van der Waals surface area contributed by atoms with E-state index in [-0.39, 0.29) is 35.9 Å². The summed E-state index contributed by atoms with van der Waals surface area (Å²) in [5.74, 6) is -0.883. The van der Waals surface area contributed by atoms with E-state index in [9.17, 15) is 17.6 Å². The van der Waals surface area contributed by atoms with Crippen LogP contribution in [0.15, 0.2) is 41.3 Å². The molecule has 3 aromatic rings. The molecule has 2 aliphatic rings. The van der Waals surface area contributed by atoms with Gasteiger partial charge in [0.15, 0.2) is 5.13 Å². The van der Waals surface area contributed by atoms with Crippen LogP contribution in [0.2, 0.25) is 5.02 Å². The third-order valence-corrected chi connectivity index (χ3v) is 10.3. The number of rotatable bonds is 6. The third kappa shape index (κ3) is 5.02. The summed E-state index contributed by atoms with van der Waals surface area (Å²) in [7, 11) is -3.75. The standard InChI is InChI=1S/C25H27ClFN3O4S2/c1-16-21(26)8-9-22-23(16)28-25(35-22)30(15-19-3-2-14-34-19)24(31)17-10-12-29(13-11-17)36(32,33)20-6-4-18(27)5-7-20/h4-9,17,19H,2-3,10-15H2,1H3. The average Bonchev–Trinajstić information content (AvgIpc) is 3.55. The third-order valence-electron chi connectivity index (χ3n) is 6.90. The number of hydrogen-bond donors (Lipinski definition) is 0. The van der Waals surface area contributed by atoms with Crippen molar-refractivity contribution < 1.29 is 22.3 Å². The molecule has 0 N–H and O–H groups in total. The molecule has 192 valence electrons. The summed E-state index contributed by atoms with van der Waals surface area (Å²) in [5, 5.41) is 1.24. The van der Waals surface area contributed by atoms with Gasteiger partial charge in [0, 0.05) is 30.6 Å². The summed E-state index contributed by atoms with van der Waals surface area (Å²) in [6.45, 7) is 3.45. The van der Waals surface area contributed by atoms with Gasteiger partial charge in [0.05, 0.1) is 27.8 Å². The number of carbonyl (C=O) groups excluding carboxylic acids is 1. The number of carbonyl (C=O) groups is 1. The Morgan fingerprint density at radius 3 is 2.58 bits per heavy atom. The van der Waals surface area contributed by atoms with Gasteiger partial charge in [0.25, 0.3) is 0 Å². The van der Waals surface area contributed by atoms with Gasteiger partial charge in [-0.2, -0.15) is 4.31 Å². The molecule has 36 heavy (non-hydrogen) atoms. The van der Waals surface area contributed by atoms with Gasteiger partial charge in [0.2, 0.25) is 15.9 Å². The molecule has 2 fully saturated rings. The number of piperidine rings is 1. The van der Waals surface area contributed by atoms with Crippen LogP contribution in [0, 0.1) is 18.7 Å². The Balaban J connectivity index is 1.35. The smallest absolute Gasteiger partial charge is 0.243 e. The molecule has 2 aromatic carbocycles. The van der Waals surface area contributed by atoms with E-state index in [1.54, 1.807) is 4.90 Å². The van der Waals surface area contributed by atoms with Crippen molar-refractivity contribution in [2.45, 2.75) is 43.6 Å². The Bertz CT molecular complexity index is 1370. The van der Waals surface area contributed by atoms with E-state index >= 15 is 0 Å². The van der Waals surface area contributed by atoms with E-state index in [0.717, 1.165) is 40.8 Å². The highest BCUT2D eigenvalue weighted by Crippen LogP contribution is 2.36. The number of halogens is 2. The second-order valence-corrected chi connectivity index (χ2v) is 12.6. The first kappa shape index (κ1) is 25.5. The quantitative estimate of drug-likeness (QED) is 0.430. The van der Waals surface area contributed by atoms with E-state index in [4.69, 9.17) is 21.3 Å². The maximum atomic E-state index is 13.8. The molecule has 2 aliphatic heterocycles. The summed E-state index contributed by atoms with van der Waals surface area (Å²) in [6, 6.07) is 8.57. The number of nitrogens with zero attached hydrogens (tertiary/aromatic N) is 3. The zero-order chi connectivity index (χ0) is 25.4. The molecule has 2 saturated heterocycles. The Morgan fingerprint density at radius 1 is 1.19 bits per heavy atom. The molecule has 5 rings (SSSR count). The first-order chi connectivity index (χ1) is 17.2. The first-order valence-corrected chi connectivity index (χ1v) is 14.6. The number of amides is 1. The number of thiazole rings is 1. The number of ether oxygens (including phenoxy) is 1. The predicted molar refractivity (Wildman–Crippen MR) is 139 cm³/mol. The van der Waals surface area contributed by atoms with Crippen LogP contribution < -0.4 is 4.90 Å². The maximum Gasteiger partial charge on any atom is 0.243 e. The first-order valence-electron chi connectivity index (χ1n) is 12.0. The minimum absolute atomic E-state index is 0.0513. The summed E-state index contributed by atoms with van der Waals surface area (Å²) >= 11 is 7.74. The number of aromatic nitrogens is 1. The van der Waals surface area contributed by atoms with E-state index < -0.39 is 15.8 Å². The lowest BCUT2D eigenvalue weighted by Gasteiger charge is -2.33. The van der Waals surface area contributed by atoms with Crippen molar-refractivity contribution in [3.05, 3.63) is 52.8 Å². The van der Waals surface area contributed by atoms with Crippen LogP contribution >= 0.6 is 22.9 Å². The van der Waals surface area contributed by atoms with Crippen molar-refractivity contribution in [3.8, 4) is 0 Å². The lowest BCUT2D eigenvalue weighted by molar-refractivity contribution is -0.123. The molecule has 0 spiro atoms. The van der Waals surface area contributed by atoms with Crippen LogP contribution in [0.3, 0.4) is 0 Å². The molecular weight excluding hydrogens is 525 g/mol. The Hall–Kier alpha value is -2.11. The van der Waals surface area contributed by atoms with Gasteiger partial charge in [-0.1, -0.05) is 22.9 Å². The molecule has 3 heterocycles. The fraction of sp³-hybridized carbons (Fsp3) is 0.440. The van der Waals surface area contributed by atoms with E-state index in [2.05, 4.69) is 0 Å². The number of sulfonamides is 1. The summed E-state index contributed by atoms with van der Waals surface area (Å²) < 4.78 is 47.4. The number of fused-ring (bicyclic) bond motifs is 1. The summed E-state index contributed by atoms with van der Waals surface area (Å²) in [6.07, 6.45) is 2.59. The van der Waals surface area contributed by atoms with Crippen molar-refractivity contribution in [1.29, 1.82) is 0 Å². The fourth-order valence-electron chi connectivity index (χ4n) is 4.78. The van der Waals surface area contributed by atoms with Crippen LogP contribution in [0.4, 0.5) is 9.52 Å². The normalized spacial score (nSPS) is 19.7. The van der Waals surface area contributed by atoms with E-state index in [1.807, 2.05) is 19.1 Å². The largest absolute Gasteiger partial charge is 0.376 e. The van der Waals surface area contributed by atoms with Gasteiger partial charge in [-0.05, 0) is 74.6 Å². The monoisotopic (exact) mass is 551 g/mol. The second kappa shape index (κ2) is 10.3. The molecule has 1 atom stereocenters. The van der Waals surface area contributed by atoms with Gasteiger partial charge < -0.3 is 4.74 Å². The lowest BCUT2D eigenvalue weighted by atomic mass is 9.96. The molecule has 0 radical (unpaired) electrons. The molecule has 1 unspecified atom stereocenters. The van der Waals surface area contributed by atoms with Gasteiger partial charge in [0.1, 0.15) is 5.82 Å². The lowest BCUT2D eigenvalue weighted by Crippen LogP contribution is -2.46. The molecule has 1 aromatic heterocycles. The minimum atomic E-state index is -3.75. The molecule has 7 nitrogen and oxygen atoms in total. The van der Waals surface area contributed by atoms with Crippen molar-refractivity contribution in [3.63, 3.8) is 0 Å². The highest BCUT2D eigenvalue weighted by molar-refractivity contribution is 7.89. The number of hydrogen-bond acceptors (Lipinski definition) is 6. The zero-order valence-electron chi connectivity index (χ0n) is 19.8. The van der Waals surface area contributed by atoms with Gasteiger partial charge in [-0.15, -0.1) is 0 Å². The predicted octanol–water partition coefficient (Wildman–Crippen LogP) is 5.01. The summed E-state index contributed by atoms with van der Waals surface area (Å²) in [4.78, 5) is 20.3. The van der Waals surface area contributed by atoms with Crippen LogP contribution in [0.25, 0.3) is 10.2 Å². The van der Waals surface area contributed by atoms with E-state index in [1.165, 1.54) is 27.8 Å². The maximum absolute atomic E-state index is 13.8. The topological polar surface area (TPSA) is 79.8 Å². The Labute approximate surface area is 218 Å². The second-order valence-electron chi connectivity index (χ2n) is 9.23. The Morgan fingerprint density at radius 2 is 1.92 bits per heavy atom. The fourth-order valence-corrected chi connectivity index (χ4v) is 7.44. The van der Waals surface area contributed by atoms with E-state index in [0.29, 0.717) is 36.1 Å². The zero-order valence-corrected chi connectivity index (χ0v) is 22.2. The van der Waals surface area contributed by atoms with Crippen LogP contribution in [0.1, 0.15) is 31.2 Å². The molecule has 1 amide bonds. The van der Waals surface area contributed by atoms with Gasteiger partial charge in [-0.3, -0.25) is 9.69 Å². The minimum Gasteiger partial charge on any atom is -0.376 e. The highest BCUT2D eigenvalue weighted by Gasteiger charge is 2.36. The van der Waals surface area contributed by atoms with Gasteiger partial charge in [-0.25, -0.2) is 17.8 Å². The highest BCUT2D eigenvalue weighted by atomic mass is 35.5. The van der Waals surface area contributed by atoms with Crippen molar-refractivity contribution >= 4 is 54.2 Å². The number of aryl methyl sites for hydroxylation is 1. The molecule has 0 aliphatic carbocycles. The molecule has 0 bridgehead atoms.